The number of unbranched alkanes of at least 4 members (excludes halogenated alkanes) is 1. The lowest BCUT2D eigenvalue weighted by Crippen LogP contribution is -2.61. The van der Waals surface area contributed by atoms with Crippen molar-refractivity contribution in [2.75, 3.05) is 19.7 Å². The first kappa shape index (κ1) is 39.5. The van der Waals surface area contributed by atoms with E-state index in [1.807, 2.05) is 48.5 Å². The summed E-state index contributed by atoms with van der Waals surface area (Å²) < 4.78 is 6.04. The SMILES string of the molecule is C=CCNC(=O)C(=O)C(CCCC)NC(=O)[C@@H]1[C@@H]2[C@H](CN1C(=O)[C@@H](NC(=O)N[C@H](COC(C)(C)C)C(C)(C)C)C1CCCCC1)C2(C)C. The predicted octanol–water partition coefficient (Wildman–Crippen LogP) is 4.49. The monoisotopic (exact) mass is 673 g/mol. The van der Waals surface area contributed by atoms with Gasteiger partial charge in [-0.3, -0.25) is 19.2 Å². The van der Waals surface area contributed by atoms with Crippen LogP contribution in [-0.4, -0.2) is 83.9 Å². The third-order valence-electron chi connectivity index (χ3n) is 10.6. The van der Waals surface area contributed by atoms with Gasteiger partial charge in [-0.2, -0.15) is 0 Å². The minimum Gasteiger partial charge on any atom is -0.374 e. The van der Waals surface area contributed by atoms with Gasteiger partial charge in [0.1, 0.15) is 12.1 Å². The normalized spacial score (nSPS) is 24.0. The Labute approximate surface area is 288 Å². The van der Waals surface area contributed by atoms with Crippen LogP contribution in [-0.2, 0) is 23.9 Å². The number of fused-ring (bicyclic) bond motifs is 1. The van der Waals surface area contributed by atoms with Crippen LogP contribution >= 0.6 is 0 Å². The Balaban J connectivity index is 1.85. The van der Waals surface area contributed by atoms with Crippen molar-refractivity contribution in [3.63, 3.8) is 0 Å². The lowest BCUT2D eigenvalue weighted by Gasteiger charge is -2.38. The van der Waals surface area contributed by atoms with Gasteiger partial charge in [0.15, 0.2) is 0 Å². The van der Waals surface area contributed by atoms with Gasteiger partial charge in [-0.05, 0) is 68.6 Å². The van der Waals surface area contributed by atoms with Gasteiger partial charge in [-0.15, -0.1) is 6.58 Å². The van der Waals surface area contributed by atoms with Gasteiger partial charge < -0.3 is 30.9 Å². The van der Waals surface area contributed by atoms with E-state index < -0.39 is 41.8 Å². The van der Waals surface area contributed by atoms with E-state index in [-0.39, 0.29) is 52.7 Å². The van der Waals surface area contributed by atoms with Crippen molar-refractivity contribution in [2.45, 2.75) is 143 Å². The molecule has 2 aliphatic carbocycles. The first-order valence-corrected chi connectivity index (χ1v) is 18.1. The van der Waals surface area contributed by atoms with E-state index in [0.29, 0.717) is 26.0 Å². The second-order valence-corrected chi connectivity index (χ2v) is 16.8. The van der Waals surface area contributed by atoms with Crippen molar-refractivity contribution < 1.29 is 28.7 Å². The van der Waals surface area contributed by atoms with E-state index in [2.05, 4.69) is 41.7 Å². The van der Waals surface area contributed by atoms with Crippen molar-refractivity contribution in [1.29, 1.82) is 0 Å². The molecule has 0 radical (unpaired) electrons. The summed E-state index contributed by atoms with van der Waals surface area (Å²) in [6.07, 6.45) is 7.89. The third-order valence-corrected chi connectivity index (χ3v) is 10.6. The van der Waals surface area contributed by atoms with Crippen LogP contribution in [0.1, 0.15) is 114 Å². The lowest BCUT2D eigenvalue weighted by atomic mass is 9.83. The molecule has 0 aromatic heterocycles. The molecule has 3 fully saturated rings. The number of ketones is 1. The minimum absolute atomic E-state index is 0.0583. The molecule has 1 heterocycles. The van der Waals surface area contributed by atoms with Crippen molar-refractivity contribution in [1.82, 2.24) is 26.2 Å². The zero-order valence-electron chi connectivity index (χ0n) is 31.0. The summed E-state index contributed by atoms with van der Waals surface area (Å²) in [6.45, 7) is 22.6. The zero-order chi connectivity index (χ0) is 36.0. The number of nitrogens with one attached hydrogen (secondary N) is 4. The van der Waals surface area contributed by atoms with Crippen molar-refractivity contribution in [3.8, 4) is 0 Å². The van der Waals surface area contributed by atoms with E-state index in [0.717, 1.165) is 38.5 Å². The van der Waals surface area contributed by atoms with Crippen molar-refractivity contribution >= 4 is 29.5 Å². The summed E-state index contributed by atoms with van der Waals surface area (Å²) in [5, 5.41) is 11.5. The topological polar surface area (TPSA) is 146 Å². The quantitative estimate of drug-likeness (QED) is 0.149. The van der Waals surface area contributed by atoms with E-state index in [1.165, 1.54) is 6.08 Å². The summed E-state index contributed by atoms with van der Waals surface area (Å²) in [6, 6.07) is -3.34. The van der Waals surface area contributed by atoms with Crippen LogP contribution in [0.15, 0.2) is 12.7 Å². The van der Waals surface area contributed by atoms with E-state index in [4.69, 9.17) is 4.74 Å². The number of piperidine rings is 1. The summed E-state index contributed by atoms with van der Waals surface area (Å²) in [5.74, 6) is -2.18. The Morgan fingerprint density at radius 3 is 2.19 bits per heavy atom. The maximum absolute atomic E-state index is 14.6. The smallest absolute Gasteiger partial charge is 0.315 e. The number of carbonyl (C=O) groups excluding carboxylic acids is 5. The van der Waals surface area contributed by atoms with Crippen LogP contribution in [0.3, 0.4) is 0 Å². The second-order valence-electron chi connectivity index (χ2n) is 16.8. The first-order valence-electron chi connectivity index (χ1n) is 18.1. The number of ether oxygens (including phenoxy) is 1. The van der Waals surface area contributed by atoms with E-state index in [1.54, 1.807) is 4.90 Å². The molecule has 6 atom stereocenters. The molecule has 0 aromatic carbocycles. The highest BCUT2D eigenvalue weighted by Crippen LogP contribution is 2.65. The fraction of sp³-hybridized carbons (Fsp3) is 0.811. The molecule has 48 heavy (non-hydrogen) atoms. The molecule has 1 unspecified atom stereocenters. The molecule has 0 spiro atoms. The summed E-state index contributed by atoms with van der Waals surface area (Å²) in [7, 11) is 0. The van der Waals surface area contributed by atoms with Gasteiger partial charge in [0.2, 0.25) is 17.6 Å². The van der Waals surface area contributed by atoms with Gasteiger partial charge in [0, 0.05) is 13.1 Å². The number of hydrogen-bond donors (Lipinski definition) is 4. The standard InChI is InChI=1S/C37H63N5O6/c1-11-13-19-25(30(43)32(45)38-20-12-2)39-31(44)29-27-24(37(27,9)10)21-42(29)33(46)28(23-17-15-14-16-18-23)41-34(47)40-26(35(3,4)5)22-48-36(6,7)8/h12,23-29H,2,11,13-22H2,1,3-10H3,(H,38,45)(H,39,44)(H2,40,41,47)/t24-,25?,26+,27-,28-,29-/m0/s1. The average molecular weight is 674 g/mol. The highest BCUT2D eigenvalue weighted by atomic mass is 16.5. The van der Waals surface area contributed by atoms with Gasteiger partial charge in [-0.1, -0.05) is 79.7 Å². The zero-order valence-corrected chi connectivity index (χ0v) is 31.0. The van der Waals surface area contributed by atoms with Gasteiger partial charge >= 0.3 is 6.03 Å². The van der Waals surface area contributed by atoms with Crippen LogP contribution < -0.4 is 21.3 Å². The fourth-order valence-corrected chi connectivity index (χ4v) is 7.37. The number of rotatable bonds is 15. The maximum atomic E-state index is 14.6. The van der Waals surface area contributed by atoms with Crippen molar-refractivity contribution in [2.24, 2.45) is 28.6 Å². The van der Waals surface area contributed by atoms with Crippen LogP contribution in [0, 0.1) is 28.6 Å². The molecule has 0 bridgehead atoms. The average Bonchev–Trinajstić information content (AvgIpc) is 3.32. The first-order chi connectivity index (χ1) is 22.3. The Kier molecular flexibility index (Phi) is 13.3. The molecular formula is C37H63N5O6. The molecule has 1 saturated heterocycles. The van der Waals surface area contributed by atoms with Crippen molar-refractivity contribution in [3.05, 3.63) is 12.7 Å². The number of carbonyl (C=O) groups is 5. The molecule has 5 amide bonds. The molecule has 3 rings (SSSR count). The number of Topliss-reactive ketones (excluding diaryl/α,β-unsaturated/α-hetero) is 1. The minimum atomic E-state index is -0.997. The van der Waals surface area contributed by atoms with E-state index in [9.17, 15) is 24.0 Å². The molecule has 2 saturated carbocycles. The maximum Gasteiger partial charge on any atom is 0.315 e. The molecule has 3 aliphatic rings. The summed E-state index contributed by atoms with van der Waals surface area (Å²) >= 11 is 0. The number of urea groups is 1. The highest BCUT2D eigenvalue weighted by molar-refractivity contribution is 6.38. The molecule has 11 heteroatoms. The Morgan fingerprint density at radius 2 is 1.62 bits per heavy atom. The number of hydrogen-bond acceptors (Lipinski definition) is 6. The predicted molar refractivity (Wildman–Crippen MR) is 187 cm³/mol. The van der Waals surface area contributed by atoms with Gasteiger partial charge in [-0.25, -0.2) is 4.79 Å². The molecule has 4 N–H and O–H groups in total. The molecule has 11 nitrogen and oxygen atoms in total. The lowest BCUT2D eigenvalue weighted by molar-refractivity contribution is -0.144. The number of nitrogens with zero attached hydrogens (tertiary/aromatic N) is 1. The number of amides is 5. The largest absolute Gasteiger partial charge is 0.374 e. The molecular weight excluding hydrogens is 610 g/mol. The van der Waals surface area contributed by atoms with Crippen LogP contribution in [0.2, 0.25) is 0 Å². The Bertz CT molecular complexity index is 1180. The van der Waals surface area contributed by atoms with Gasteiger partial charge in [0.05, 0.1) is 24.3 Å². The number of likely N-dealkylation sites (tertiary alicyclic amines) is 1. The van der Waals surface area contributed by atoms with E-state index >= 15 is 0 Å². The highest BCUT2D eigenvalue weighted by Gasteiger charge is 2.69. The second kappa shape index (κ2) is 16.2. The molecule has 272 valence electrons. The van der Waals surface area contributed by atoms with Gasteiger partial charge in [0.25, 0.3) is 5.91 Å². The molecule has 1 aliphatic heterocycles. The summed E-state index contributed by atoms with van der Waals surface area (Å²) in [5.41, 5.74) is -0.828. The van der Waals surface area contributed by atoms with Crippen LogP contribution in [0.4, 0.5) is 4.79 Å². The summed E-state index contributed by atoms with van der Waals surface area (Å²) in [4.78, 5) is 69.7. The van der Waals surface area contributed by atoms with Crippen LogP contribution in [0.5, 0.6) is 0 Å². The third kappa shape index (κ3) is 10.0. The Hall–Kier alpha value is -2.95. The van der Waals surface area contributed by atoms with Crippen LogP contribution in [0.25, 0.3) is 0 Å². The Morgan fingerprint density at radius 1 is 0.979 bits per heavy atom. The fourth-order valence-electron chi connectivity index (χ4n) is 7.37. The molecule has 0 aromatic rings.